The molecule has 4 atom stereocenters. The lowest BCUT2D eigenvalue weighted by Gasteiger charge is -2.30. The number of pyridine rings is 1. The standard InChI is InChI=1S/C28H28ClN5O9/c1-3-27(41)19(43-23(21(27)35)34-22-18(15(2)32-34)9-10-20(29)31-22)14-42-28(24(36)37,25(38)39)13-16-5-7-17(8-6-16)33-12-4-11-30-26(33)40/h1,5-10,19,21,23,35,41H,4,11-14H2,2H3,(H,30,40)(H,36,37)(H,38,39)/t19-,21+,23-,27-/m1/s1. The molecule has 2 aromatic heterocycles. The molecule has 226 valence electrons. The van der Waals surface area contributed by atoms with Crippen LogP contribution in [-0.4, -0.2) is 96.3 Å². The lowest BCUT2D eigenvalue weighted by Crippen LogP contribution is -2.55. The summed E-state index contributed by atoms with van der Waals surface area (Å²) < 4.78 is 12.6. The first-order valence-electron chi connectivity index (χ1n) is 13.2. The van der Waals surface area contributed by atoms with Crippen LogP contribution in [0.25, 0.3) is 11.0 Å². The summed E-state index contributed by atoms with van der Waals surface area (Å²) in [6.45, 7) is 1.91. The largest absolute Gasteiger partial charge is 0.479 e. The summed E-state index contributed by atoms with van der Waals surface area (Å²) in [5, 5.41) is 50.1. The first kappa shape index (κ1) is 30.2. The number of terminal acetylenes is 1. The number of amides is 2. The molecule has 2 aliphatic rings. The van der Waals surface area contributed by atoms with Gasteiger partial charge in [0.15, 0.2) is 17.5 Å². The first-order chi connectivity index (χ1) is 20.4. The Hall–Kier alpha value is -4.26. The van der Waals surface area contributed by atoms with Gasteiger partial charge in [0.05, 0.1) is 12.3 Å². The molecule has 14 nitrogen and oxygen atoms in total. The highest BCUT2D eigenvalue weighted by atomic mass is 35.5. The lowest BCUT2D eigenvalue weighted by molar-refractivity contribution is -0.191. The van der Waals surface area contributed by atoms with Crippen LogP contribution in [0.15, 0.2) is 36.4 Å². The number of hydrogen-bond donors (Lipinski definition) is 5. The number of aliphatic hydroxyl groups is 2. The number of urea groups is 1. The molecule has 0 radical (unpaired) electrons. The van der Waals surface area contributed by atoms with Crippen LogP contribution in [0.2, 0.25) is 5.15 Å². The third-order valence-electron chi connectivity index (χ3n) is 7.65. The lowest BCUT2D eigenvalue weighted by atomic mass is 9.92. The Morgan fingerprint density at radius 1 is 1.26 bits per heavy atom. The normalized spacial score (nSPS) is 24.1. The Morgan fingerprint density at radius 3 is 2.58 bits per heavy atom. The van der Waals surface area contributed by atoms with Crippen molar-refractivity contribution in [2.75, 3.05) is 24.6 Å². The number of rotatable bonds is 9. The maximum atomic E-state index is 12.4. The fraction of sp³-hybridized carbons (Fsp3) is 0.393. The molecule has 0 unspecified atom stereocenters. The number of aliphatic hydroxyl groups excluding tert-OH is 1. The zero-order valence-corrected chi connectivity index (χ0v) is 23.6. The number of nitrogens with one attached hydrogen (secondary N) is 1. The molecule has 2 aliphatic heterocycles. The fourth-order valence-electron chi connectivity index (χ4n) is 5.21. The molecular weight excluding hydrogens is 586 g/mol. The van der Waals surface area contributed by atoms with E-state index in [1.807, 2.05) is 0 Å². The van der Waals surface area contributed by atoms with Crippen molar-refractivity contribution in [1.29, 1.82) is 0 Å². The smallest absolute Gasteiger partial charge is 0.348 e. The number of nitrogens with zero attached hydrogens (tertiary/aromatic N) is 4. The third kappa shape index (κ3) is 5.26. The first-order valence-corrected chi connectivity index (χ1v) is 13.6. The van der Waals surface area contributed by atoms with Crippen LogP contribution in [0.4, 0.5) is 10.5 Å². The molecule has 5 N–H and O–H groups in total. The molecule has 0 bridgehead atoms. The summed E-state index contributed by atoms with van der Waals surface area (Å²) in [6, 6.07) is 9.08. The Kier molecular flexibility index (Phi) is 8.03. The summed E-state index contributed by atoms with van der Waals surface area (Å²) in [4.78, 5) is 42.7. The minimum atomic E-state index is -2.82. The SMILES string of the molecule is C#C[C@@]1(O)[C@@H](COC(Cc2ccc(N3CCCNC3=O)cc2)(C(=O)O)C(=O)O)O[C@@H](n2nc(C)c3ccc(Cl)nc32)[C@@H]1O. The van der Waals surface area contributed by atoms with Crippen molar-refractivity contribution >= 4 is 46.3 Å². The van der Waals surface area contributed by atoms with E-state index in [-0.39, 0.29) is 22.4 Å². The molecular formula is C28H28ClN5O9. The van der Waals surface area contributed by atoms with Crippen molar-refractivity contribution in [2.24, 2.45) is 0 Å². The number of aliphatic carboxylic acids is 2. The van der Waals surface area contributed by atoms with E-state index in [2.05, 4.69) is 21.3 Å². The number of halogens is 1. The molecule has 43 heavy (non-hydrogen) atoms. The zero-order valence-electron chi connectivity index (χ0n) is 22.8. The van der Waals surface area contributed by atoms with Crippen LogP contribution in [-0.2, 0) is 25.5 Å². The molecule has 4 heterocycles. The van der Waals surface area contributed by atoms with Crippen LogP contribution in [0.5, 0.6) is 0 Å². The monoisotopic (exact) mass is 613 g/mol. The summed E-state index contributed by atoms with van der Waals surface area (Å²) >= 11 is 6.05. The molecule has 15 heteroatoms. The van der Waals surface area contributed by atoms with E-state index < -0.39 is 54.6 Å². The minimum Gasteiger partial charge on any atom is -0.479 e. The van der Waals surface area contributed by atoms with Crippen molar-refractivity contribution in [1.82, 2.24) is 20.1 Å². The molecule has 2 amide bonds. The Labute approximate surface area is 249 Å². The number of benzene rings is 1. The maximum Gasteiger partial charge on any atom is 0.348 e. The van der Waals surface area contributed by atoms with Gasteiger partial charge in [0, 0.05) is 30.6 Å². The summed E-state index contributed by atoms with van der Waals surface area (Å²) in [7, 11) is 0. The summed E-state index contributed by atoms with van der Waals surface area (Å²) in [5.41, 5.74) is -3.67. The van der Waals surface area contributed by atoms with Gasteiger partial charge in [-0.05, 0) is 43.2 Å². The molecule has 3 aromatic rings. The van der Waals surface area contributed by atoms with Gasteiger partial charge in [0.1, 0.15) is 17.4 Å². The van der Waals surface area contributed by atoms with E-state index >= 15 is 0 Å². The number of carboxylic acid groups (broad SMARTS) is 2. The number of carboxylic acids is 2. The van der Waals surface area contributed by atoms with E-state index in [0.29, 0.717) is 29.9 Å². The number of hydrogen-bond acceptors (Lipinski definition) is 9. The van der Waals surface area contributed by atoms with E-state index in [9.17, 15) is 34.8 Å². The Bertz CT molecular complexity index is 1610. The predicted molar refractivity (Wildman–Crippen MR) is 150 cm³/mol. The average Bonchev–Trinajstić information content (AvgIpc) is 3.43. The molecule has 2 saturated heterocycles. The van der Waals surface area contributed by atoms with Gasteiger partial charge in [-0.3, -0.25) is 4.90 Å². The van der Waals surface area contributed by atoms with E-state index in [1.54, 1.807) is 31.2 Å². The van der Waals surface area contributed by atoms with Gasteiger partial charge >= 0.3 is 18.0 Å². The number of carbonyl (C=O) groups is 3. The average molecular weight is 614 g/mol. The van der Waals surface area contributed by atoms with E-state index in [4.69, 9.17) is 27.5 Å². The number of aryl methyl sites for hydroxylation is 1. The van der Waals surface area contributed by atoms with E-state index in [0.717, 1.165) is 6.42 Å². The topological polar surface area (TPSA) is 197 Å². The van der Waals surface area contributed by atoms with Gasteiger partial charge in [0.2, 0.25) is 0 Å². The number of fused-ring (bicyclic) bond motifs is 1. The highest BCUT2D eigenvalue weighted by Crippen LogP contribution is 2.39. The summed E-state index contributed by atoms with van der Waals surface area (Å²) in [5.74, 6) is -1.55. The highest BCUT2D eigenvalue weighted by Gasteiger charge is 2.58. The van der Waals surface area contributed by atoms with Crippen LogP contribution >= 0.6 is 11.6 Å². The second kappa shape index (κ2) is 11.4. The van der Waals surface area contributed by atoms with Crippen LogP contribution in [0, 0.1) is 19.3 Å². The van der Waals surface area contributed by atoms with Crippen molar-refractivity contribution in [3.05, 3.63) is 52.8 Å². The molecule has 1 aromatic carbocycles. The van der Waals surface area contributed by atoms with E-state index in [1.165, 1.54) is 21.7 Å². The van der Waals surface area contributed by atoms with Gasteiger partial charge in [0.25, 0.3) is 5.60 Å². The van der Waals surface area contributed by atoms with Crippen molar-refractivity contribution in [2.45, 2.75) is 49.4 Å². The van der Waals surface area contributed by atoms with Crippen molar-refractivity contribution in [3.63, 3.8) is 0 Å². The second-order valence-corrected chi connectivity index (χ2v) is 10.7. The van der Waals surface area contributed by atoms with Crippen LogP contribution < -0.4 is 10.2 Å². The molecule has 5 rings (SSSR count). The molecule has 2 fully saturated rings. The second-order valence-electron chi connectivity index (χ2n) is 10.3. The van der Waals surface area contributed by atoms with Gasteiger partial charge in [-0.2, -0.15) is 5.10 Å². The third-order valence-corrected chi connectivity index (χ3v) is 7.86. The minimum absolute atomic E-state index is 0.133. The molecule has 0 saturated carbocycles. The fourth-order valence-corrected chi connectivity index (χ4v) is 5.35. The quantitative estimate of drug-likeness (QED) is 0.132. The number of carbonyl (C=O) groups excluding carboxylic acids is 1. The number of anilines is 1. The van der Waals surface area contributed by atoms with Crippen molar-refractivity contribution in [3.8, 4) is 12.3 Å². The van der Waals surface area contributed by atoms with Gasteiger partial charge < -0.3 is 35.2 Å². The van der Waals surface area contributed by atoms with Gasteiger partial charge in [-0.25, -0.2) is 24.0 Å². The Balaban J connectivity index is 1.39. The molecule has 0 spiro atoms. The van der Waals surface area contributed by atoms with Crippen molar-refractivity contribution < 1.29 is 44.3 Å². The molecule has 0 aliphatic carbocycles. The van der Waals surface area contributed by atoms with Gasteiger partial charge in [-0.15, -0.1) is 6.42 Å². The number of ether oxygens (including phenoxy) is 2. The van der Waals surface area contributed by atoms with Crippen LogP contribution in [0.3, 0.4) is 0 Å². The zero-order chi connectivity index (χ0) is 31.1. The maximum absolute atomic E-state index is 12.4. The highest BCUT2D eigenvalue weighted by molar-refractivity contribution is 6.29. The van der Waals surface area contributed by atoms with Crippen LogP contribution in [0.1, 0.15) is 23.9 Å². The number of aromatic nitrogens is 3. The Morgan fingerprint density at radius 2 is 1.95 bits per heavy atom. The van der Waals surface area contributed by atoms with Gasteiger partial charge in [-0.1, -0.05) is 29.7 Å². The predicted octanol–water partition coefficient (Wildman–Crippen LogP) is 1.10. The summed E-state index contributed by atoms with van der Waals surface area (Å²) in [6.07, 6.45) is 0.921.